The van der Waals surface area contributed by atoms with Crippen LogP contribution in [-0.4, -0.2) is 46.1 Å². The normalized spacial score (nSPS) is 15.4. The summed E-state index contributed by atoms with van der Waals surface area (Å²) in [5.74, 6) is -1.02. The number of nitrogens with zero attached hydrogens (tertiary/aromatic N) is 3. The SMILES string of the molecule is CCN1CCc2c(nc(OC)nc2C(=O)O)C1. The molecule has 0 atom stereocenters. The van der Waals surface area contributed by atoms with Crippen molar-refractivity contribution in [3.63, 3.8) is 0 Å². The van der Waals surface area contributed by atoms with Gasteiger partial charge in [-0.15, -0.1) is 0 Å². The first kappa shape index (κ1) is 11.8. The number of carboxylic acid groups (broad SMARTS) is 1. The molecule has 0 unspecified atom stereocenters. The highest BCUT2D eigenvalue weighted by Crippen LogP contribution is 2.22. The molecule has 0 amide bonds. The molecule has 6 heteroatoms. The molecule has 17 heavy (non-hydrogen) atoms. The number of hydrogen-bond donors (Lipinski definition) is 1. The van der Waals surface area contributed by atoms with Crippen LogP contribution in [0.5, 0.6) is 6.01 Å². The zero-order valence-electron chi connectivity index (χ0n) is 9.93. The molecule has 0 aromatic carbocycles. The van der Waals surface area contributed by atoms with Crippen LogP contribution < -0.4 is 4.74 Å². The van der Waals surface area contributed by atoms with Gasteiger partial charge in [-0.3, -0.25) is 4.90 Å². The lowest BCUT2D eigenvalue weighted by molar-refractivity contribution is 0.0686. The van der Waals surface area contributed by atoms with E-state index in [1.807, 2.05) is 0 Å². The van der Waals surface area contributed by atoms with Crippen molar-refractivity contribution in [3.05, 3.63) is 17.0 Å². The number of carboxylic acids is 1. The molecule has 1 aromatic rings. The van der Waals surface area contributed by atoms with Crippen LogP contribution >= 0.6 is 0 Å². The molecular formula is C11H15N3O3. The van der Waals surface area contributed by atoms with Gasteiger partial charge in [-0.2, -0.15) is 9.97 Å². The van der Waals surface area contributed by atoms with Gasteiger partial charge in [0.05, 0.1) is 12.8 Å². The van der Waals surface area contributed by atoms with Gasteiger partial charge in [-0.25, -0.2) is 4.79 Å². The van der Waals surface area contributed by atoms with E-state index >= 15 is 0 Å². The maximum absolute atomic E-state index is 11.1. The summed E-state index contributed by atoms with van der Waals surface area (Å²) in [6.07, 6.45) is 0.675. The molecule has 0 radical (unpaired) electrons. The predicted octanol–water partition coefficient (Wildman–Crippen LogP) is 0.561. The van der Waals surface area contributed by atoms with Crippen LogP contribution in [0.3, 0.4) is 0 Å². The molecule has 1 aromatic heterocycles. The summed E-state index contributed by atoms with van der Waals surface area (Å²) in [5.41, 5.74) is 1.58. The zero-order chi connectivity index (χ0) is 12.4. The number of aromatic nitrogens is 2. The molecule has 92 valence electrons. The summed E-state index contributed by atoms with van der Waals surface area (Å²) in [6.45, 7) is 4.50. The number of fused-ring (bicyclic) bond motifs is 1. The Hall–Kier alpha value is -1.69. The van der Waals surface area contributed by atoms with Gasteiger partial charge in [0.25, 0.3) is 0 Å². The zero-order valence-corrected chi connectivity index (χ0v) is 9.93. The van der Waals surface area contributed by atoms with Crippen molar-refractivity contribution in [2.45, 2.75) is 19.9 Å². The van der Waals surface area contributed by atoms with Crippen molar-refractivity contribution >= 4 is 5.97 Å². The number of rotatable bonds is 3. The van der Waals surface area contributed by atoms with Gasteiger partial charge in [0.1, 0.15) is 0 Å². The molecule has 0 aliphatic carbocycles. The first-order valence-electron chi connectivity index (χ1n) is 5.55. The standard InChI is InChI=1S/C11H15N3O3/c1-3-14-5-4-7-8(6-14)12-11(17-2)13-9(7)10(15)16/h3-6H2,1-2H3,(H,15,16). The Kier molecular flexibility index (Phi) is 3.23. The first-order chi connectivity index (χ1) is 8.15. The van der Waals surface area contributed by atoms with E-state index in [-0.39, 0.29) is 11.7 Å². The Morgan fingerprint density at radius 2 is 2.29 bits per heavy atom. The minimum Gasteiger partial charge on any atom is -0.476 e. The average Bonchev–Trinajstić information content (AvgIpc) is 2.36. The van der Waals surface area contributed by atoms with Gasteiger partial charge in [0, 0.05) is 18.7 Å². The van der Waals surface area contributed by atoms with E-state index < -0.39 is 5.97 Å². The van der Waals surface area contributed by atoms with Crippen LogP contribution in [0.15, 0.2) is 0 Å². The summed E-state index contributed by atoms with van der Waals surface area (Å²) >= 11 is 0. The van der Waals surface area contributed by atoms with Crippen LogP contribution in [0.1, 0.15) is 28.7 Å². The Morgan fingerprint density at radius 3 is 2.88 bits per heavy atom. The van der Waals surface area contributed by atoms with Gasteiger partial charge in [-0.1, -0.05) is 6.92 Å². The van der Waals surface area contributed by atoms with Gasteiger partial charge < -0.3 is 9.84 Å². The summed E-state index contributed by atoms with van der Waals surface area (Å²) in [6, 6.07) is 0.124. The van der Waals surface area contributed by atoms with E-state index in [9.17, 15) is 4.79 Å². The minimum atomic E-state index is -1.02. The summed E-state index contributed by atoms with van der Waals surface area (Å²) < 4.78 is 4.94. The Labute approximate surface area is 99.2 Å². The smallest absolute Gasteiger partial charge is 0.355 e. The third-order valence-corrected chi connectivity index (χ3v) is 2.96. The predicted molar refractivity (Wildman–Crippen MR) is 60.2 cm³/mol. The summed E-state index contributed by atoms with van der Waals surface area (Å²) in [7, 11) is 1.44. The van der Waals surface area contributed by atoms with E-state index in [4.69, 9.17) is 9.84 Å². The molecule has 0 fully saturated rings. The van der Waals surface area contributed by atoms with Crippen LogP contribution in [-0.2, 0) is 13.0 Å². The number of ether oxygens (including phenoxy) is 1. The highest BCUT2D eigenvalue weighted by molar-refractivity contribution is 5.87. The molecule has 2 heterocycles. The fourth-order valence-corrected chi connectivity index (χ4v) is 2.00. The fourth-order valence-electron chi connectivity index (χ4n) is 2.00. The van der Waals surface area contributed by atoms with E-state index in [0.717, 1.165) is 24.3 Å². The van der Waals surface area contributed by atoms with Gasteiger partial charge in [-0.05, 0) is 13.0 Å². The van der Waals surface area contributed by atoms with Crippen molar-refractivity contribution in [2.24, 2.45) is 0 Å². The Morgan fingerprint density at radius 1 is 1.53 bits per heavy atom. The highest BCUT2D eigenvalue weighted by Gasteiger charge is 2.24. The molecule has 1 aliphatic heterocycles. The van der Waals surface area contributed by atoms with Crippen molar-refractivity contribution < 1.29 is 14.6 Å². The molecular weight excluding hydrogens is 222 g/mol. The maximum atomic E-state index is 11.1. The largest absolute Gasteiger partial charge is 0.476 e. The van der Waals surface area contributed by atoms with Gasteiger partial charge >= 0.3 is 12.0 Å². The van der Waals surface area contributed by atoms with Gasteiger partial charge in [0.15, 0.2) is 5.69 Å². The molecule has 0 saturated carbocycles. The number of likely N-dealkylation sites (N-methyl/N-ethyl adjacent to an activating group) is 1. The summed E-state index contributed by atoms with van der Waals surface area (Å²) in [5, 5.41) is 9.12. The van der Waals surface area contributed by atoms with E-state index in [0.29, 0.717) is 13.0 Å². The van der Waals surface area contributed by atoms with Crippen LogP contribution in [0, 0.1) is 0 Å². The second kappa shape index (κ2) is 4.67. The lowest BCUT2D eigenvalue weighted by Crippen LogP contribution is -2.32. The molecule has 1 aliphatic rings. The third-order valence-electron chi connectivity index (χ3n) is 2.96. The topological polar surface area (TPSA) is 75.5 Å². The molecule has 1 N–H and O–H groups in total. The third kappa shape index (κ3) is 2.21. The van der Waals surface area contributed by atoms with Crippen molar-refractivity contribution in [1.82, 2.24) is 14.9 Å². The van der Waals surface area contributed by atoms with Crippen molar-refractivity contribution in [1.29, 1.82) is 0 Å². The summed E-state index contributed by atoms with van der Waals surface area (Å²) in [4.78, 5) is 21.5. The molecule has 2 rings (SSSR count). The van der Waals surface area contributed by atoms with Crippen LogP contribution in [0.25, 0.3) is 0 Å². The van der Waals surface area contributed by atoms with Crippen LogP contribution in [0.4, 0.5) is 0 Å². The fraction of sp³-hybridized carbons (Fsp3) is 0.545. The lowest BCUT2D eigenvalue weighted by Gasteiger charge is -2.27. The second-order valence-corrected chi connectivity index (χ2v) is 3.91. The number of hydrogen-bond acceptors (Lipinski definition) is 5. The first-order valence-corrected chi connectivity index (χ1v) is 5.55. The van der Waals surface area contributed by atoms with Crippen molar-refractivity contribution in [3.8, 4) is 6.01 Å². The molecule has 6 nitrogen and oxygen atoms in total. The van der Waals surface area contributed by atoms with E-state index in [2.05, 4.69) is 21.8 Å². The lowest BCUT2D eigenvalue weighted by atomic mass is 10.0. The van der Waals surface area contributed by atoms with E-state index in [1.54, 1.807) is 0 Å². The second-order valence-electron chi connectivity index (χ2n) is 3.91. The minimum absolute atomic E-state index is 0.0719. The molecule has 0 spiro atoms. The molecule has 0 bridgehead atoms. The van der Waals surface area contributed by atoms with Gasteiger partial charge in [0.2, 0.25) is 0 Å². The van der Waals surface area contributed by atoms with E-state index in [1.165, 1.54) is 7.11 Å². The molecule has 0 saturated heterocycles. The number of aromatic carboxylic acids is 1. The maximum Gasteiger partial charge on any atom is 0.355 e. The average molecular weight is 237 g/mol. The van der Waals surface area contributed by atoms with Crippen molar-refractivity contribution in [2.75, 3.05) is 20.2 Å². The highest BCUT2D eigenvalue weighted by atomic mass is 16.5. The van der Waals surface area contributed by atoms with Crippen LogP contribution in [0.2, 0.25) is 0 Å². The monoisotopic (exact) mass is 237 g/mol. The Bertz CT molecular complexity index is 448. The quantitative estimate of drug-likeness (QED) is 0.828. The number of carbonyl (C=O) groups is 1. The Balaban J connectivity index is 2.46. The number of methoxy groups -OCH3 is 1.